The zero-order valence-corrected chi connectivity index (χ0v) is 10.8. The first-order chi connectivity index (χ1) is 8.18. The van der Waals surface area contributed by atoms with Crippen LogP contribution in [-0.2, 0) is 10.0 Å². The van der Waals surface area contributed by atoms with E-state index >= 15 is 0 Å². The Hall–Kier alpha value is -1.09. The molecule has 1 heterocycles. The van der Waals surface area contributed by atoms with Gasteiger partial charge in [-0.2, -0.15) is 22.6 Å². The number of nitrogens with one attached hydrogen (secondary N) is 1. The van der Waals surface area contributed by atoms with Gasteiger partial charge in [-0.1, -0.05) is 6.92 Å². The lowest BCUT2D eigenvalue weighted by molar-refractivity contribution is -0.136. The van der Waals surface area contributed by atoms with Crippen molar-refractivity contribution in [1.29, 1.82) is 0 Å². The van der Waals surface area contributed by atoms with Gasteiger partial charge >= 0.3 is 6.18 Å². The molecule has 18 heavy (non-hydrogen) atoms. The van der Waals surface area contributed by atoms with Gasteiger partial charge in [0.15, 0.2) is 0 Å². The Labute approximate surface area is 103 Å². The Morgan fingerprint density at radius 1 is 1.44 bits per heavy atom. The van der Waals surface area contributed by atoms with Crippen LogP contribution in [0, 0.1) is 6.92 Å². The number of sulfonamides is 1. The van der Waals surface area contributed by atoms with Gasteiger partial charge in [-0.25, -0.2) is 8.42 Å². The molecule has 0 radical (unpaired) electrons. The minimum absolute atomic E-state index is 0.188. The maximum absolute atomic E-state index is 12.4. The fourth-order valence-corrected chi connectivity index (χ4v) is 3.11. The van der Waals surface area contributed by atoms with Gasteiger partial charge in [0.25, 0.3) is 0 Å². The fraction of sp³-hybridized carbons (Fsp3) is 0.667. The number of H-pyrrole nitrogens is 1. The molecule has 0 bridgehead atoms. The molecular formula is C9H14F3N3O2S. The lowest BCUT2D eigenvalue weighted by Crippen LogP contribution is -2.39. The summed E-state index contributed by atoms with van der Waals surface area (Å²) in [4.78, 5) is -0.222. The van der Waals surface area contributed by atoms with Crippen molar-refractivity contribution >= 4 is 10.0 Å². The molecule has 9 heteroatoms. The van der Waals surface area contributed by atoms with Crippen LogP contribution >= 0.6 is 0 Å². The first-order valence-electron chi connectivity index (χ1n) is 5.25. The molecule has 0 aliphatic rings. The standard InChI is InChI=1S/C9H14F3N3O2S/c1-3-4-15(6-9(10,11)12)18(16,17)8-5-13-14-7(8)2/h5H,3-4,6H2,1-2H3,(H,13,14). The van der Waals surface area contributed by atoms with Gasteiger partial charge < -0.3 is 0 Å². The van der Waals surface area contributed by atoms with E-state index < -0.39 is 22.7 Å². The van der Waals surface area contributed by atoms with E-state index in [2.05, 4.69) is 10.2 Å². The van der Waals surface area contributed by atoms with Crippen molar-refractivity contribution in [3.8, 4) is 0 Å². The molecule has 0 spiro atoms. The molecule has 0 saturated heterocycles. The van der Waals surface area contributed by atoms with E-state index in [1.165, 1.54) is 6.92 Å². The van der Waals surface area contributed by atoms with Crippen LogP contribution in [0.25, 0.3) is 0 Å². The second kappa shape index (κ2) is 5.27. The van der Waals surface area contributed by atoms with Crippen molar-refractivity contribution in [1.82, 2.24) is 14.5 Å². The summed E-state index contributed by atoms with van der Waals surface area (Å²) in [7, 11) is -4.16. The average molecular weight is 285 g/mol. The molecule has 1 aromatic rings. The summed E-state index contributed by atoms with van der Waals surface area (Å²) in [5.41, 5.74) is 0.221. The SMILES string of the molecule is CCCN(CC(F)(F)F)S(=O)(=O)c1cn[nH]c1C. The highest BCUT2D eigenvalue weighted by atomic mass is 32.2. The smallest absolute Gasteiger partial charge is 0.281 e. The van der Waals surface area contributed by atoms with E-state index in [1.807, 2.05) is 0 Å². The van der Waals surface area contributed by atoms with Crippen molar-refractivity contribution in [2.24, 2.45) is 0 Å². The van der Waals surface area contributed by atoms with Crippen LogP contribution in [0.3, 0.4) is 0 Å². The summed E-state index contributed by atoms with van der Waals surface area (Å²) in [6.07, 6.45) is -3.25. The highest BCUT2D eigenvalue weighted by Gasteiger charge is 2.37. The second-order valence-corrected chi connectivity index (χ2v) is 5.72. The van der Waals surface area contributed by atoms with Crippen LogP contribution in [0.5, 0.6) is 0 Å². The van der Waals surface area contributed by atoms with Gasteiger partial charge in [-0.15, -0.1) is 0 Å². The normalized spacial score (nSPS) is 13.2. The number of hydrogen-bond acceptors (Lipinski definition) is 3. The molecule has 0 aliphatic carbocycles. The van der Waals surface area contributed by atoms with Crippen molar-refractivity contribution in [2.45, 2.75) is 31.3 Å². The quantitative estimate of drug-likeness (QED) is 0.895. The number of halogens is 3. The molecule has 0 unspecified atom stereocenters. The molecule has 1 N–H and O–H groups in total. The molecule has 104 valence electrons. The minimum atomic E-state index is -4.57. The third-order valence-corrected chi connectivity index (χ3v) is 4.19. The summed E-state index contributed by atoms with van der Waals surface area (Å²) < 4.78 is 61.6. The van der Waals surface area contributed by atoms with E-state index in [0.29, 0.717) is 10.7 Å². The van der Waals surface area contributed by atoms with Gasteiger partial charge in [0.1, 0.15) is 11.4 Å². The molecule has 1 aromatic heterocycles. The zero-order chi connectivity index (χ0) is 14.0. The Morgan fingerprint density at radius 3 is 2.44 bits per heavy atom. The lowest BCUT2D eigenvalue weighted by atomic mass is 10.5. The third-order valence-electron chi connectivity index (χ3n) is 2.23. The van der Waals surface area contributed by atoms with Crippen LogP contribution in [0.1, 0.15) is 19.0 Å². The predicted octanol–water partition coefficient (Wildman–Crippen LogP) is 1.68. The molecule has 0 saturated carbocycles. The van der Waals surface area contributed by atoms with E-state index in [-0.39, 0.29) is 17.1 Å². The topological polar surface area (TPSA) is 66.1 Å². The summed E-state index contributed by atoms with van der Waals surface area (Å²) in [5.74, 6) is 0. The predicted molar refractivity (Wildman–Crippen MR) is 58.4 cm³/mol. The van der Waals surface area contributed by atoms with E-state index in [0.717, 1.165) is 6.20 Å². The maximum Gasteiger partial charge on any atom is 0.402 e. The van der Waals surface area contributed by atoms with Crippen molar-refractivity contribution < 1.29 is 21.6 Å². The average Bonchev–Trinajstić information content (AvgIpc) is 2.62. The minimum Gasteiger partial charge on any atom is -0.281 e. The Morgan fingerprint density at radius 2 is 2.06 bits per heavy atom. The monoisotopic (exact) mass is 285 g/mol. The highest BCUT2D eigenvalue weighted by Crippen LogP contribution is 2.23. The molecule has 0 aromatic carbocycles. The first kappa shape index (κ1) is 15.0. The van der Waals surface area contributed by atoms with Crippen LogP contribution in [-0.4, -0.2) is 42.2 Å². The number of rotatable bonds is 5. The Balaban J connectivity index is 3.09. The lowest BCUT2D eigenvalue weighted by Gasteiger charge is -2.22. The van der Waals surface area contributed by atoms with E-state index in [1.54, 1.807) is 6.92 Å². The molecule has 0 atom stereocenters. The highest BCUT2D eigenvalue weighted by molar-refractivity contribution is 7.89. The summed E-state index contributed by atoms with van der Waals surface area (Å²) in [5, 5.41) is 5.91. The van der Waals surface area contributed by atoms with Crippen molar-refractivity contribution in [3.63, 3.8) is 0 Å². The Kier molecular flexibility index (Phi) is 4.38. The molecule has 0 amide bonds. The molecular weight excluding hydrogens is 271 g/mol. The molecule has 0 fully saturated rings. The van der Waals surface area contributed by atoms with Crippen molar-refractivity contribution in [2.75, 3.05) is 13.1 Å². The fourth-order valence-electron chi connectivity index (χ4n) is 1.47. The van der Waals surface area contributed by atoms with Gasteiger partial charge in [-0.3, -0.25) is 5.10 Å². The number of alkyl halides is 3. The zero-order valence-electron chi connectivity index (χ0n) is 9.95. The van der Waals surface area contributed by atoms with Crippen LogP contribution in [0.2, 0.25) is 0 Å². The molecule has 5 nitrogen and oxygen atoms in total. The van der Waals surface area contributed by atoms with Crippen LogP contribution in [0.4, 0.5) is 13.2 Å². The molecule has 1 rings (SSSR count). The number of aromatic nitrogens is 2. The van der Waals surface area contributed by atoms with Gasteiger partial charge in [0, 0.05) is 6.54 Å². The van der Waals surface area contributed by atoms with Gasteiger partial charge in [-0.05, 0) is 13.3 Å². The number of hydrogen-bond donors (Lipinski definition) is 1. The van der Waals surface area contributed by atoms with Crippen molar-refractivity contribution in [3.05, 3.63) is 11.9 Å². The second-order valence-electron chi connectivity index (χ2n) is 3.81. The summed E-state index contributed by atoms with van der Waals surface area (Å²) in [6, 6.07) is 0. The van der Waals surface area contributed by atoms with Gasteiger partial charge in [0.2, 0.25) is 10.0 Å². The summed E-state index contributed by atoms with van der Waals surface area (Å²) >= 11 is 0. The van der Waals surface area contributed by atoms with Crippen LogP contribution in [0.15, 0.2) is 11.1 Å². The first-order valence-corrected chi connectivity index (χ1v) is 6.69. The largest absolute Gasteiger partial charge is 0.402 e. The number of aryl methyl sites for hydroxylation is 1. The number of nitrogens with zero attached hydrogens (tertiary/aromatic N) is 2. The number of aromatic amines is 1. The van der Waals surface area contributed by atoms with E-state index in [4.69, 9.17) is 0 Å². The van der Waals surface area contributed by atoms with E-state index in [9.17, 15) is 21.6 Å². The summed E-state index contributed by atoms with van der Waals surface area (Å²) in [6.45, 7) is 1.37. The molecule has 0 aliphatic heterocycles. The van der Waals surface area contributed by atoms with Crippen LogP contribution < -0.4 is 0 Å². The maximum atomic E-state index is 12.4. The Bertz CT molecular complexity index is 495. The third kappa shape index (κ3) is 3.45. The van der Waals surface area contributed by atoms with Gasteiger partial charge in [0.05, 0.1) is 11.9 Å².